The van der Waals surface area contributed by atoms with Gasteiger partial charge in [-0.3, -0.25) is 9.59 Å². The predicted molar refractivity (Wildman–Crippen MR) is 158 cm³/mol. The number of para-hydroxylation sites is 1. The van der Waals surface area contributed by atoms with E-state index in [9.17, 15) is 19.5 Å². The molecule has 0 aliphatic heterocycles. The van der Waals surface area contributed by atoms with Gasteiger partial charge in [0.1, 0.15) is 23.4 Å². The van der Waals surface area contributed by atoms with Gasteiger partial charge in [0.15, 0.2) is 0 Å². The Bertz CT molecular complexity index is 1350. The fraction of sp³-hybridized carbons (Fsp3) is 0.406. The number of nitrogens with zero attached hydrogens (tertiary/aromatic N) is 1. The molecule has 3 rings (SSSR count). The SMILES string of the molecule is CCC(C)N(C(=O)C(NC(=O)OC(C)(C)C)C(C)C)C(C(=O)Nc1ccc2ccccc2c1)c1ccccc1O. The summed E-state index contributed by atoms with van der Waals surface area (Å²) in [5.74, 6) is -1.34. The summed E-state index contributed by atoms with van der Waals surface area (Å²) in [5.41, 5.74) is 0.102. The van der Waals surface area contributed by atoms with Gasteiger partial charge in [-0.15, -0.1) is 0 Å². The number of hydrogen-bond acceptors (Lipinski definition) is 5. The van der Waals surface area contributed by atoms with E-state index in [0.717, 1.165) is 10.8 Å². The molecule has 0 aliphatic carbocycles. The predicted octanol–water partition coefficient (Wildman–Crippen LogP) is 6.40. The monoisotopic (exact) mass is 547 g/mol. The molecule has 3 aromatic rings. The third-order valence-electron chi connectivity index (χ3n) is 6.70. The quantitative estimate of drug-likeness (QED) is 0.287. The lowest BCUT2D eigenvalue weighted by Gasteiger charge is -2.39. The summed E-state index contributed by atoms with van der Waals surface area (Å²) in [4.78, 5) is 42.4. The van der Waals surface area contributed by atoms with Crippen LogP contribution in [0.2, 0.25) is 0 Å². The first-order valence-electron chi connectivity index (χ1n) is 13.7. The minimum atomic E-state index is -1.17. The van der Waals surface area contributed by atoms with Crippen LogP contribution < -0.4 is 10.6 Å². The average molecular weight is 548 g/mol. The highest BCUT2D eigenvalue weighted by Gasteiger charge is 2.40. The number of anilines is 1. The van der Waals surface area contributed by atoms with E-state index < -0.39 is 41.6 Å². The number of phenolic OH excluding ortho intramolecular Hbond substituents is 1. The molecule has 3 aromatic carbocycles. The summed E-state index contributed by atoms with van der Waals surface area (Å²) in [6.07, 6.45) is -0.181. The number of ether oxygens (including phenoxy) is 1. The number of hydrogen-bond donors (Lipinski definition) is 3. The molecule has 0 saturated heterocycles. The van der Waals surface area contributed by atoms with Crippen molar-refractivity contribution in [1.29, 1.82) is 0 Å². The Balaban J connectivity index is 2.05. The number of carbonyl (C=O) groups is 3. The van der Waals surface area contributed by atoms with E-state index in [2.05, 4.69) is 10.6 Å². The van der Waals surface area contributed by atoms with Crippen LogP contribution in [0, 0.1) is 5.92 Å². The Labute approximate surface area is 236 Å². The van der Waals surface area contributed by atoms with Crippen LogP contribution in [0.5, 0.6) is 5.75 Å². The van der Waals surface area contributed by atoms with Crippen molar-refractivity contribution in [2.45, 2.75) is 78.6 Å². The highest BCUT2D eigenvalue weighted by molar-refractivity contribution is 6.01. The molecule has 0 aromatic heterocycles. The van der Waals surface area contributed by atoms with Crippen LogP contribution in [0.25, 0.3) is 10.8 Å². The maximum absolute atomic E-state index is 14.2. The summed E-state index contributed by atoms with van der Waals surface area (Å²) < 4.78 is 5.42. The van der Waals surface area contributed by atoms with Crippen LogP contribution in [0.1, 0.15) is 66.5 Å². The Kier molecular flexibility index (Phi) is 9.79. The van der Waals surface area contributed by atoms with E-state index in [1.807, 2.05) is 64.1 Å². The van der Waals surface area contributed by atoms with Gasteiger partial charge < -0.3 is 25.4 Å². The third kappa shape index (κ3) is 7.52. The van der Waals surface area contributed by atoms with Crippen molar-refractivity contribution < 1.29 is 24.2 Å². The first-order chi connectivity index (χ1) is 18.8. The molecule has 3 unspecified atom stereocenters. The Morgan fingerprint density at radius 3 is 2.15 bits per heavy atom. The molecule has 3 atom stereocenters. The number of alkyl carbamates (subject to hydrolysis) is 1. The van der Waals surface area contributed by atoms with Crippen molar-refractivity contribution in [1.82, 2.24) is 10.2 Å². The van der Waals surface area contributed by atoms with Gasteiger partial charge in [0.25, 0.3) is 5.91 Å². The summed E-state index contributed by atoms with van der Waals surface area (Å²) >= 11 is 0. The summed E-state index contributed by atoms with van der Waals surface area (Å²) in [6.45, 7) is 12.6. The molecule has 0 bridgehead atoms. The van der Waals surface area contributed by atoms with E-state index in [1.54, 1.807) is 45.0 Å². The number of carbonyl (C=O) groups excluding carboxylic acids is 3. The number of amides is 3. The third-order valence-corrected chi connectivity index (χ3v) is 6.70. The molecule has 0 spiro atoms. The van der Waals surface area contributed by atoms with Gasteiger partial charge in [0.05, 0.1) is 0 Å². The molecule has 8 nitrogen and oxygen atoms in total. The second-order valence-corrected chi connectivity index (χ2v) is 11.4. The number of benzene rings is 3. The van der Waals surface area contributed by atoms with Crippen LogP contribution >= 0.6 is 0 Å². The highest BCUT2D eigenvalue weighted by atomic mass is 16.6. The van der Waals surface area contributed by atoms with Crippen molar-refractivity contribution in [3.63, 3.8) is 0 Å². The van der Waals surface area contributed by atoms with E-state index in [4.69, 9.17) is 4.74 Å². The van der Waals surface area contributed by atoms with Crippen molar-refractivity contribution in [2.75, 3.05) is 5.32 Å². The van der Waals surface area contributed by atoms with Crippen LogP contribution in [-0.2, 0) is 14.3 Å². The van der Waals surface area contributed by atoms with Gasteiger partial charge in [-0.2, -0.15) is 0 Å². The zero-order valence-corrected chi connectivity index (χ0v) is 24.4. The molecule has 0 aliphatic rings. The second-order valence-electron chi connectivity index (χ2n) is 11.4. The van der Waals surface area contributed by atoms with Crippen LogP contribution in [0.15, 0.2) is 66.7 Å². The average Bonchev–Trinajstić information content (AvgIpc) is 2.89. The fourth-order valence-corrected chi connectivity index (χ4v) is 4.52. The first kappa shape index (κ1) is 30.5. The number of aromatic hydroxyl groups is 1. The van der Waals surface area contributed by atoms with Crippen molar-refractivity contribution in [3.05, 3.63) is 72.3 Å². The number of rotatable bonds is 9. The molecular formula is C32H41N3O5. The zero-order chi connectivity index (χ0) is 29.6. The summed E-state index contributed by atoms with van der Waals surface area (Å²) in [5, 5.41) is 18.5. The summed E-state index contributed by atoms with van der Waals surface area (Å²) in [6, 6.07) is 17.3. The molecular weight excluding hydrogens is 506 g/mol. The van der Waals surface area contributed by atoms with E-state index in [-0.39, 0.29) is 17.2 Å². The molecule has 3 amide bonds. The van der Waals surface area contributed by atoms with Gasteiger partial charge in [0.2, 0.25) is 5.91 Å². The van der Waals surface area contributed by atoms with Crippen LogP contribution in [0.4, 0.5) is 10.5 Å². The van der Waals surface area contributed by atoms with Crippen molar-refractivity contribution in [3.8, 4) is 5.75 Å². The van der Waals surface area contributed by atoms with Gasteiger partial charge in [0, 0.05) is 17.3 Å². The van der Waals surface area contributed by atoms with E-state index >= 15 is 0 Å². The van der Waals surface area contributed by atoms with Gasteiger partial charge in [-0.25, -0.2) is 4.79 Å². The molecule has 214 valence electrons. The second kappa shape index (κ2) is 12.9. The van der Waals surface area contributed by atoms with Crippen LogP contribution in [-0.4, -0.2) is 45.6 Å². The van der Waals surface area contributed by atoms with Crippen molar-refractivity contribution >= 4 is 34.4 Å². The maximum Gasteiger partial charge on any atom is 0.408 e. The molecule has 0 saturated carbocycles. The molecule has 40 heavy (non-hydrogen) atoms. The fourth-order valence-electron chi connectivity index (χ4n) is 4.52. The normalized spacial score (nSPS) is 13.8. The molecule has 0 fully saturated rings. The number of nitrogens with one attached hydrogen (secondary N) is 2. The van der Waals surface area contributed by atoms with E-state index in [1.165, 1.54) is 11.0 Å². The standard InChI is InChI=1S/C32H41N3O5/c1-8-21(4)35(30(38)27(20(2)3)34-31(39)40-32(5,6)7)28(25-15-11-12-16-26(25)36)29(37)33-24-18-17-22-13-9-10-14-23(22)19-24/h9-21,27-28,36H,8H2,1-7H3,(H,33,37)(H,34,39). The highest BCUT2D eigenvalue weighted by Crippen LogP contribution is 2.33. The van der Waals surface area contributed by atoms with Crippen molar-refractivity contribution in [2.24, 2.45) is 5.92 Å². The minimum absolute atomic E-state index is 0.108. The Hall–Kier alpha value is -4.07. The van der Waals surface area contributed by atoms with Crippen LogP contribution in [0.3, 0.4) is 0 Å². The lowest BCUT2D eigenvalue weighted by molar-refractivity contribution is -0.144. The topological polar surface area (TPSA) is 108 Å². The largest absolute Gasteiger partial charge is 0.508 e. The smallest absolute Gasteiger partial charge is 0.408 e. The lowest BCUT2D eigenvalue weighted by atomic mass is 9.96. The molecule has 3 N–H and O–H groups in total. The molecule has 0 heterocycles. The van der Waals surface area contributed by atoms with Gasteiger partial charge >= 0.3 is 6.09 Å². The zero-order valence-electron chi connectivity index (χ0n) is 24.4. The first-order valence-corrected chi connectivity index (χ1v) is 13.7. The number of fused-ring (bicyclic) bond motifs is 1. The Morgan fingerprint density at radius 1 is 0.925 bits per heavy atom. The van der Waals surface area contributed by atoms with E-state index in [0.29, 0.717) is 12.1 Å². The van der Waals surface area contributed by atoms with Gasteiger partial charge in [-0.05, 0) is 69.0 Å². The van der Waals surface area contributed by atoms with Gasteiger partial charge in [-0.1, -0.05) is 69.3 Å². The summed E-state index contributed by atoms with van der Waals surface area (Å²) in [7, 11) is 0. The number of phenols is 1. The lowest BCUT2D eigenvalue weighted by Crippen LogP contribution is -2.56. The molecule has 0 radical (unpaired) electrons. The maximum atomic E-state index is 14.2. The molecule has 8 heteroatoms. The Morgan fingerprint density at radius 2 is 1.55 bits per heavy atom. The minimum Gasteiger partial charge on any atom is -0.508 e.